The molecule has 12 heteroatoms. The first-order valence-electron chi connectivity index (χ1n) is 21.2. The highest BCUT2D eigenvalue weighted by Crippen LogP contribution is 2.38. The van der Waals surface area contributed by atoms with Gasteiger partial charge in [0, 0.05) is 86.2 Å². The van der Waals surface area contributed by atoms with Gasteiger partial charge in [-0.25, -0.2) is 8.42 Å². The van der Waals surface area contributed by atoms with Gasteiger partial charge in [0.05, 0.1) is 24.5 Å². The summed E-state index contributed by atoms with van der Waals surface area (Å²) < 4.78 is 36.9. The summed E-state index contributed by atoms with van der Waals surface area (Å²) in [6.45, 7) is 6.40. The summed E-state index contributed by atoms with van der Waals surface area (Å²) in [5, 5.41) is 10.1. The van der Waals surface area contributed by atoms with Gasteiger partial charge in [0.25, 0.3) is 11.8 Å². The van der Waals surface area contributed by atoms with Crippen LogP contribution in [0.3, 0.4) is 0 Å². The van der Waals surface area contributed by atoms with E-state index < -0.39 is 10.0 Å². The zero-order chi connectivity index (χ0) is 43.0. The molecule has 6 aromatic rings. The Hall–Kier alpha value is -6.05. The number of para-hydroxylation sites is 1. The van der Waals surface area contributed by atoms with Crippen LogP contribution in [0.2, 0.25) is 0 Å². The largest absolute Gasteiger partial charge is 0.508 e. The monoisotopic (exact) mass is 849 g/mol. The maximum atomic E-state index is 15.5. The minimum atomic E-state index is -3.67. The van der Waals surface area contributed by atoms with Gasteiger partial charge in [-0.15, -0.1) is 0 Å². The Morgan fingerprint density at radius 1 is 0.742 bits per heavy atom. The molecular weight excluding hydrogens is 799 g/mol. The van der Waals surface area contributed by atoms with Crippen LogP contribution in [0.25, 0.3) is 11.3 Å². The standard InChI is InChI=1S/C50H51N5O6S/c1-35-45(50(58)55(41-15-7-4-8-16-41)42-17-19-44(56)20-18-42)30-48(51(35)2)46-28-38-21-22-53(62(59,60)34-36-11-5-3-6-12-36)31-40(38)29-47(46)49(57)54-32-39-14-10-9-13-37(39)27-43(54)33-52-23-25-61-26-24-52/h3-20,28-30,43,56H,21-27,31-34H2,1-2H3/t43-/m0/s1. The van der Waals surface area contributed by atoms with Gasteiger partial charge < -0.3 is 19.3 Å². The first-order chi connectivity index (χ1) is 30.0. The number of ether oxygens (including phenoxy) is 1. The molecule has 9 rings (SSSR count). The molecule has 11 nitrogen and oxygen atoms in total. The Kier molecular flexibility index (Phi) is 11.6. The lowest BCUT2D eigenvalue weighted by Gasteiger charge is -2.41. The number of amides is 2. The summed E-state index contributed by atoms with van der Waals surface area (Å²) in [4.78, 5) is 36.4. The van der Waals surface area contributed by atoms with Crippen molar-refractivity contribution < 1.29 is 27.9 Å². The highest BCUT2D eigenvalue weighted by Gasteiger charge is 2.36. The summed E-state index contributed by atoms with van der Waals surface area (Å²) in [7, 11) is -1.75. The van der Waals surface area contributed by atoms with E-state index in [2.05, 4.69) is 29.2 Å². The fourth-order valence-electron chi connectivity index (χ4n) is 9.17. The third kappa shape index (κ3) is 8.31. The first-order valence-corrected chi connectivity index (χ1v) is 22.9. The molecule has 62 heavy (non-hydrogen) atoms. The molecular formula is C50H51N5O6S. The number of aromatic nitrogens is 1. The van der Waals surface area contributed by atoms with E-state index in [4.69, 9.17) is 4.74 Å². The van der Waals surface area contributed by atoms with Crippen LogP contribution < -0.4 is 4.90 Å². The Morgan fingerprint density at radius 2 is 1.40 bits per heavy atom. The third-order valence-corrected chi connectivity index (χ3v) is 14.5. The van der Waals surface area contributed by atoms with Gasteiger partial charge >= 0.3 is 0 Å². The van der Waals surface area contributed by atoms with Crippen LogP contribution in [0.4, 0.5) is 11.4 Å². The molecule has 1 fully saturated rings. The number of hydrogen-bond acceptors (Lipinski definition) is 7. The normalized spacial score (nSPS) is 17.0. The average molecular weight is 850 g/mol. The summed E-state index contributed by atoms with van der Waals surface area (Å²) in [6.07, 6.45) is 1.18. The highest BCUT2D eigenvalue weighted by molar-refractivity contribution is 7.88. The Labute approximate surface area is 363 Å². The molecule has 0 aliphatic carbocycles. The molecule has 0 bridgehead atoms. The molecule has 5 aromatic carbocycles. The van der Waals surface area contributed by atoms with Gasteiger partial charge in [-0.1, -0.05) is 72.8 Å². The van der Waals surface area contributed by atoms with Gasteiger partial charge in [-0.05, 0) is 102 Å². The second kappa shape index (κ2) is 17.4. The number of benzene rings is 5. The van der Waals surface area contributed by atoms with Crippen LogP contribution in [-0.4, -0.2) is 89.4 Å². The predicted octanol–water partition coefficient (Wildman–Crippen LogP) is 7.47. The molecule has 2 amide bonds. The van der Waals surface area contributed by atoms with Crippen LogP contribution in [-0.2, 0) is 53.5 Å². The molecule has 0 unspecified atom stereocenters. The Balaban J connectivity index is 1.14. The zero-order valence-corrected chi connectivity index (χ0v) is 35.9. The molecule has 1 atom stereocenters. The third-order valence-electron chi connectivity index (χ3n) is 12.7. The van der Waals surface area contributed by atoms with Crippen molar-refractivity contribution in [2.24, 2.45) is 7.05 Å². The molecule has 318 valence electrons. The summed E-state index contributed by atoms with van der Waals surface area (Å²) in [5.41, 5.74) is 9.14. The van der Waals surface area contributed by atoms with Crippen molar-refractivity contribution in [3.8, 4) is 17.0 Å². The quantitative estimate of drug-likeness (QED) is 0.152. The number of hydrogen-bond donors (Lipinski definition) is 1. The predicted molar refractivity (Wildman–Crippen MR) is 241 cm³/mol. The van der Waals surface area contributed by atoms with Gasteiger partial charge in [-0.3, -0.25) is 19.4 Å². The van der Waals surface area contributed by atoms with Crippen LogP contribution in [0.1, 0.15) is 54.2 Å². The fourth-order valence-corrected chi connectivity index (χ4v) is 10.7. The van der Waals surface area contributed by atoms with E-state index >= 15 is 4.79 Å². The van der Waals surface area contributed by atoms with Gasteiger partial charge in [0.2, 0.25) is 10.0 Å². The highest BCUT2D eigenvalue weighted by atomic mass is 32.2. The van der Waals surface area contributed by atoms with Crippen molar-refractivity contribution in [2.75, 3.05) is 44.3 Å². The minimum Gasteiger partial charge on any atom is -0.508 e. The summed E-state index contributed by atoms with van der Waals surface area (Å²) >= 11 is 0. The first kappa shape index (κ1) is 41.3. The molecule has 3 aliphatic heterocycles. The zero-order valence-electron chi connectivity index (χ0n) is 35.1. The summed E-state index contributed by atoms with van der Waals surface area (Å²) in [6, 6.07) is 39.2. The number of carbonyl (C=O) groups excluding carboxylic acids is 2. The van der Waals surface area contributed by atoms with Crippen molar-refractivity contribution in [1.82, 2.24) is 18.7 Å². The molecule has 0 spiro atoms. The van der Waals surface area contributed by atoms with Gasteiger partial charge in [-0.2, -0.15) is 4.31 Å². The molecule has 1 aromatic heterocycles. The average Bonchev–Trinajstić information content (AvgIpc) is 3.59. The van der Waals surface area contributed by atoms with Crippen LogP contribution in [0.15, 0.2) is 127 Å². The number of phenolic OH excluding ortho intramolecular Hbond substituents is 1. The summed E-state index contributed by atoms with van der Waals surface area (Å²) in [5.74, 6) is -0.406. The SMILES string of the molecule is Cc1c(C(=O)N(c2ccccc2)c2ccc(O)cc2)cc(-c2cc3c(cc2C(=O)N2Cc4ccccc4C[C@H]2CN2CCOCC2)CN(S(=O)(=O)Cc2ccccc2)CC3)n1C. The number of carbonyl (C=O) groups is 2. The number of morpholine rings is 1. The lowest BCUT2D eigenvalue weighted by molar-refractivity contribution is 0.0193. The van der Waals surface area contributed by atoms with E-state index in [9.17, 15) is 18.3 Å². The van der Waals surface area contributed by atoms with Crippen molar-refractivity contribution in [3.63, 3.8) is 0 Å². The number of fused-ring (bicyclic) bond motifs is 2. The molecule has 0 radical (unpaired) electrons. The fraction of sp³-hybridized carbons (Fsp3) is 0.280. The van der Waals surface area contributed by atoms with Crippen molar-refractivity contribution in [2.45, 2.75) is 44.6 Å². The number of anilines is 2. The van der Waals surface area contributed by atoms with Gasteiger partial charge in [0.1, 0.15) is 5.75 Å². The topological polar surface area (TPSA) is 116 Å². The van der Waals surface area contributed by atoms with Crippen LogP contribution in [0.5, 0.6) is 5.75 Å². The van der Waals surface area contributed by atoms with E-state index in [1.54, 1.807) is 33.5 Å². The van der Waals surface area contributed by atoms with E-state index in [1.165, 1.54) is 5.56 Å². The molecule has 1 saturated heterocycles. The maximum Gasteiger partial charge on any atom is 0.264 e. The Bertz CT molecular complexity index is 2710. The smallest absolute Gasteiger partial charge is 0.264 e. The number of nitrogens with zero attached hydrogens (tertiary/aromatic N) is 5. The lowest BCUT2D eigenvalue weighted by Crippen LogP contribution is -2.52. The molecule has 1 N–H and O–H groups in total. The van der Waals surface area contributed by atoms with E-state index in [1.807, 2.05) is 102 Å². The molecule has 3 aliphatic rings. The van der Waals surface area contributed by atoms with Crippen LogP contribution in [0, 0.1) is 6.92 Å². The van der Waals surface area contributed by atoms with Crippen molar-refractivity contribution in [1.29, 1.82) is 0 Å². The second-order valence-corrected chi connectivity index (χ2v) is 18.5. The van der Waals surface area contributed by atoms with Crippen molar-refractivity contribution >= 4 is 33.2 Å². The second-order valence-electron chi connectivity index (χ2n) is 16.5. The maximum absolute atomic E-state index is 15.5. The van der Waals surface area contributed by atoms with Gasteiger partial charge in [0.15, 0.2) is 0 Å². The number of phenols is 1. The Morgan fingerprint density at radius 3 is 2.13 bits per heavy atom. The van der Waals surface area contributed by atoms with Crippen molar-refractivity contribution in [3.05, 3.63) is 172 Å². The van der Waals surface area contributed by atoms with E-state index in [0.29, 0.717) is 79.4 Å². The van der Waals surface area contributed by atoms with E-state index in [0.717, 1.165) is 41.0 Å². The van der Waals surface area contributed by atoms with Crippen LogP contribution >= 0.6 is 0 Å². The number of sulfonamides is 1. The minimum absolute atomic E-state index is 0.0956. The molecule has 4 heterocycles. The molecule has 0 saturated carbocycles. The number of aromatic hydroxyl groups is 1. The number of rotatable bonds is 10. The lowest BCUT2D eigenvalue weighted by atomic mass is 9.89. The van der Waals surface area contributed by atoms with E-state index in [-0.39, 0.29) is 35.9 Å².